The summed E-state index contributed by atoms with van der Waals surface area (Å²) in [6.07, 6.45) is 3.42. The second kappa shape index (κ2) is 3.31. The first-order chi connectivity index (χ1) is 6.66. The van der Waals surface area contributed by atoms with Crippen LogP contribution in [0.4, 0.5) is 0 Å². The van der Waals surface area contributed by atoms with Gasteiger partial charge in [-0.1, -0.05) is 11.6 Å². The van der Waals surface area contributed by atoms with Crippen molar-refractivity contribution in [2.75, 3.05) is 5.84 Å². The summed E-state index contributed by atoms with van der Waals surface area (Å²) in [5.41, 5.74) is 1.70. The molecule has 2 heterocycles. The fourth-order valence-electron chi connectivity index (χ4n) is 1.15. The molecule has 5 heteroatoms. The minimum atomic E-state index is 0.470. The third-order valence-corrected chi connectivity index (χ3v) is 2.16. The molecule has 2 N–H and O–H groups in total. The van der Waals surface area contributed by atoms with E-state index in [0.717, 1.165) is 17.1 Å². The number of imidazole rings is 1. The Morgan fingerprint density at radius 2 is 2.21 bits per heavy atom. The minimum Gasteiger partial charge on any atom is -0.338 e. The molecule has 72 valence electrons. The summed E-state index contributed by atoms with van der Waals surface area (Å²) in [7, 11) is 0. The lowest BCUT2D eigenvalue weighted by atomic mass is 10.2. The molecule has 2 rings (SSSR count). The van der Waals surface area contributed by atoms with Crippen LogP contribution in [0.5, 0.6) is 0 Å². The molecule has 0 atom stereocenters. The van der Waals surface area contributed by atoms with Crippen LogP contribution in [0, 0.1) is 6.92 Å². The molecule has 0 fully saturated rings. The molecular weight excluding hydrogens is 200 g/mol. The molecule has 0 bridgehead atoms. The van der Waals surface area contributed by atoms with Crippen molar-refractivity contribution >= 4 is 11.6 Å². The third kappa shape index (κ3) is 1.56. The summed E-state index contributed by atoms with van der Waals surface area (Å²) < 4.78 is 1.48. The molecular formula is C9H9ClN4. The molecule has 0 amide bonds. The Hall–Kier alpha value is -1.55. The van der Waals surface area contributed by atoms with Crippen molar-refractivity contribution < 1.29 is 0 Å². The number of hydrogen-bond donors (Lipinski definition) is 1. The highest BCUT2D eigenvalue weighted by molar-refractivity contribution is 6.29. The molecule has 0 aromatic carbocycles. The zero-order valence-corrected chi connectivity index (χ0v) is 8.36. The molecule has 0 saturated heterocycles. The Labute approximate surface area is 86.3 Å². The van der Waals surface area contributed by atoms with Crippen molar-refractivity contribution in [2.24, 2.45) is 0 Å². The van der Waals surface area contributed by atoms with Gasteiger partial charge in [-0.05, 0) is 19.1 Å². The topological polar surface area (TPSA) is 56.7 Å². The normalized spacial score (nSPS) is 10.4. The van der Waals surface area contributed by atoms with Crippen molar-refractivity contribution in [1.82, 2.24) is 14.6 Å². The zero-order chi connectivity index (χ0) is 10.1. The van der Waals surface area contributed by atoms with Gasteiger partial charge in [0.15, 0.2) is 0 Å². The minimum absolute atomic E-state index is 0.470. The lowest BCUT2D eigenvalue weighted by Crippen LogP contribution is -2.07. The van der Waals surface area contributed by atoms with E-state index in [2.05, 4.69) is 9.97 Å². The number of aryl methyl sites for hydroxylation is 1. The van der Waals surface area contributed by atoms with Crippen LogP contribution in [0.15, 0.2) is 24.5 Å². The number of halogens is 1. The first-order valence-corrected chi connectivity index (χ1v) is 4.47. The molecule has 0 aliphatic heterocycles. The smallest absolute Gasteiger partial charge is 0.129 e. The molecule has 0 aliphatic rings. The van der Waals surface area contributed by atoms with E-state index in [4.69, 9.17) is 17.4 Å². The van der Waals surface area contributed by atoms with Crippen LogP contribution >= 0.6 is 11.6 Å². The van der Waals surface area contributed by atoms with E-state index in [-0.39, 0.29) is 0 Å². The number of pyridine rings is 1. The zero-order valence-electron chi connectivity index (χ0n) is 7.61. The Bertz CT molecular complexity index is 427. The predicted octanol–water partition coefficient (Wildman–Crippen LogP) is 1.62. The summed E-state index contributed by atoms with van der Waals surface area (Å²) in [5, 5.41) is 0.470. The maximum Gasteiger partial charge on any atom is 0.129 e. The van der Waals surface area contributed by atoms with Crippen LogP contribution in [0.1, 0.15) is 5.82 Å². The van der Waals surface area contributed by atoms with E-state index in [1.54, 1.807) is 18.5 Å². The van der Waals surface area contributed by atoms with Gasteiger partial charge in [0.1, 0.15) is 11.0 Å². The summed E-state index contributed by atoms with van der Waals surface area (Å²) >= 11 is 5.67. The lowest BCUT2D eigenvalue weighted by molar-refractivity contribution is 0.928. The average molecular weight is 209 g/mol. The Morgan fingerprint density at radius 3 is 2.71 bits per heavy atom. The van der Waals surface area contributed by atoms with E-state index >= 15 is 0 Å². The van der Waals surface area contributed by atoms with E-state index in [0.29, 0.717) is 5.15 Å². The van der Waals surface area contributed by atoms with Crippen molar-refractivity contribution in [3.05, 3.63) is 35.5 Å². The van der Waals surface area contributed by atoms with Crippen molar-refractivity contribution in [2.45, 2.75) is 6.92 Å². The van der Waals surface area contributed by atoms with Crippen LogP contribution in [0.2, 0.25) is 5.15 Å². The number of aromatic nitrogens is 3. The Morgan fingerprint density at radius 1 is 1.43 bits per heavy atom. The van der Waals surface area contributed by atoms with Crippen molar-refractivity contribution in [1.29, 1.82) is 0 Å². The highest BCUT2D eigenvalue weighted by Gasteiger charge is 2.04. The van der Waals surface area contributed by atoms with Gasteiger partial charge >= 0.3 is 0 Å². The lowest BCUT2D eigenvalue weighted by Gasteiger charge is -1.94. The van der Waals surface area contributed by atoms with Gasteiger partial charge in [-0.2, -0.15) is 0 Å². The standard InChI is InChI=1S/C9H9ClN4/c1-6-13-8(5-14(6)11)7-2-3-9(10)12-4-7/h2-5H,11H2,1H3. The highest BCUT2D eigenvalue weighted by Crippen LogP contribution is 2.17. The number of rotatable bonds is 1. The second-order valence-corrected chi connectivity index (χ2v) is 3.34. The fraction of sp³-hybridized carbons (Fsp3) is 0.111. The molecule has 0 unspecified atom stereocenters. The molecule has 14 heavy (non-hydrogen) atoms. The Balaban J connectivity index is 2.44. The largest absolute Gasteiger partial charge is 0.338 e. The second-order valence-electron chi connectivity index (χ2n) is 2.95. The SMILES string of the molecule is Cc1nc(-c2ccc(Cl)nc2)cn1N. The van der Waals surface area contributed by atoms with E-state index < -0.39 is 0 Å². The van der Waals surface area contributed by atoms with Crippen LogP contribution in [0.3, 0.4) is 0 Å². The van der Waals surface area contributed by atoms with Gasteiger partial charge in [0.25, 0.3) is 0 Å². The average Bonchev–Trinajstić information content (AvgIpc) is 2.48. The number of nitrogen functional groups attached to an aromatic ring is 1. The molecule has 2 aromatic heterocycles. The predicted molar refractivity (Wildman–Crippen MR) is 55.4 cm³/mol. The molecule has 0 saturated carbocycles. The van der Waals surface area contributed by atoms with Crippen LogP contribution in [-0.4, -0.2) is 14.6 Å². The number of nitrogens with two attached hydrogens (primary N) is 1. The third-order valence-electron chi connectivity index (χ3n) is 1.94. The molecule has 0 spiro atoms. The molecule has 4 nitrogen and oxygen atoms in total. The quantitative estimate of drug-likeness (QED) is 0.572. The molecule has 0 aliphatic carbocycles. The Kier molecular flexibility index (Phi) is 2.13. The summed E-state index contributed by atoms with van der Waals surface area (Å²) in [5.74, 6) is 6.37. The maximum atomic E-state index is 5.67. The van der Waals surface area contributed by atoms with Gasteiger partial charge in [0.2, 0.25) is 0 Å². The summed E-state index contributed by atoms with van der Waals surface area (Å²) in [6, 6.07) is 3.58. The summed E-state index contributed by atoms with van der Waals surface area (Å²) in [6.45, 7) is 1.84. The highest BCUT2D eigenvalue weighted by atomic mass is 35.5. The van der Waals surface area contributed by atoms with Crippen molar-refractivity contribution in [3.8, 4) is 11.3 Å². The molecule has 0 radical (unpaired) electrons. The van der Waals surface area contributed by atoms with Gasteiger partial charge in [-0.25, -0.2) is 9.97 Å². The van der Waals surface area contributed by atoms with Crippen molar-refractivity contribution in [3.63, 3.8) is 0 Å². The first-order valence-electron chi connectivity index (χ1n) is 4.10. The maximum absolute atomic E-state index is 5.67. The van der Waals surface area contributed by atoms with E-state index in [1.807, 2.05) is 13.0 Å². The van der Waals surface area contributed by atoms with Crippen LogP contribution < -0.4 is 5.84 Å². The number of nitrogens with zero attached hydrogens (tertiary/aromatic N) is 3. The van der Waals surface area contributed by atoms with E-state index in [1.165, 1.54) is 4.68 Å². The van der Waals surface area contributed by atoms with Gasteiger partial charge in [0.05, 0.1) is 11.9 Å². The monoisotopic (exact) mass is 208 g/mol. The fourth-order valence-corrected chi connectivity index (χ4v) is 1.26. The van der Waals surface area contributed by atoms with Crippen LogP contribution in [0.25, 0.3) is 11.3 Å². The van der Waals surface area contributed by atoms with Gasteiger partial charge < -0.3 is 5.84 Å². The summed E-state index contributed by atoms with van der Waals surface area (Å²) in [4.78, 5) is 8.23. The first kappa shape index (κ1) is 9.02. The number of hydrogen-bond acceptors (Lipinski definition) is 3. The molecule has 2 aromatic rings. The van der Waals surface area contributed by atoms with Gasteiger partial charge in [-0.15, -0.1) is 0 Å². The van der Waals surface area contributed by atoms with Gasteiger partial charge in [-0.3, -0.25) is 4.68 Å². The van der Waals surface area contributed by atoms with Crippen LogP contribution in [-0.2, 0) is 0 Å². The van der Waals surface area contributed by atoms with E-state index in [9.17, 15) is 0 Å². The van der Waals surface area contributed by atoms with Gasteiger partial charge in [0, 0.05) is 11.8 Å².